The van der Waals surface area contributed by atoms with Crippen molar-refractivity contribution in [2.45, 2.75) is 58.3 Å². The van der Waals surface area contributed by atoms with Crippen molar-refractivity contribution in [1.29, 1.82) is 0 Å². The van der Waals surface area contributed by atoms with Crippen LogP contribution in [0.3, 0.4) is 0 Å². The van der Waals surface area contributed by atoms with Crippen LogP contribution in [0.4, 0.5) is 11.8 Å². The largest absolute Gasteiger partial charge is 0.380 e. The maximum atomic E-state index is 5.92. The van der Waals surface area contributed by atoms with E-state index in [0.717, 1.165) is 51.8 Å². The van der Waals surface area contributed by atoms with E-state index < -0.39 is 0 Å². The number of rotatable bonds is 3. The third-order valence-corrected chi connectivity index (χ3v) is 8.79. The van der Waals surface area contributed by atoms with E-state index in [9.17, 15) is 0 Å². The van der Waals surface area contributed by atoms with Crippen LogP contribution in [0.25, 0.3) is 0 Å². The van der Waals surface area contributed by atoms with Crippen LogP contribution in [0, 0.1) is 10.8 Å². The zero-order chi connectivity index (χ0) is 22.1. The zero-order valence-corrected chi connectivity index (χ0v) is 19.9. The highest BCUT2D eigenvalue weighted by atomic mass is 16.5. The van der Waals surface area contributed by atoms with E-state index in [1.807, 2.05) is 12.3 Å². The second kappa shape index (κ2) is 6.89. The van der Waals surface area contributed by atoms with Crippen LogP contribution in [0.5, 0.6) is 0 Å². The normalized spacial score (nSPS) is 31.4. The first-order valence-electron chi connectivity index (χ1n) is 12.2. The van der Waals surface area contributed by atoms with Gasteiger partial charge in [0.15, 0.2) is 0 Å². The van der Waals surface area contributed by atoms with Gasteiger partial charge in [0.2, 0.25) is 5.95 Å². The van der Waals surface area contributed by atoms with Crippen LogP contribution in [0.2, 0.25) is 0 Å². The lowest BCUT2D eigenvalue weighted by Crippen LogP contribution is -2.47. The second-order valence-corrected chi connectivity index (χ2v) is 11.7. The number of hydrogen-bond donors (Lipinski definition) is 0. The van der Waals surface area contributed by atoms with Gasteiger partial charge in [0.25, 0.3) is 0 Å². The molecule has 6 heteroatoms. The fourth-order valence-corrected chi connectivity index (χ4v) is 6.30. The number of hydrogen-bond acceptors (Lipinski definition) is 6. The number of nitrogens with zero attached hydrogens (tertiary/aromatic N) is 5. The molecule has 2 atom stereocenters. The molecule has 3 fully saturated rings. The van der Waals surface area contributed by atoms with Crippen molar-refractivity contribution in [3.8, 4) is 0 Å². The average molecular weight is 434 g/mol. The summed E-state index contributed by atoms with van der Waals surface area (Å²) in [6.07, 6.45) is 5.39. The molecule has 2 aromatic rings. The molecule has 5 heterocycles. The maximum absolute atomic E-state index is 5.92. The molecule has 0 amide bonds. The quantitative estimate of drug-likeness (QED) is 0.731. The summed E-state index contributed by atoms with van der Waals surface area (Å²) in [5.74, 6) is 2.56. The molecule has 0 bridgehead atoms. The van der Waals surface area contributed by atoms with E-state index in [4.69, 9.17) is 14.7 Å². The van der Waals surface area contributed by atoms with Crippen molar-refractivity contribution in [1.82, 2.24) is 15.0 Å². The maximum Gasteiger partial charge on any atom is 0.227 e. The van der Waals surface area contributed by atoms with Crippen molar-refractivity contribution in [2.24, 2.45) is 10.8 Å². The molecule has 2 aromatic heterocycles. The summed E-state index contributed by atoms with van der Waals surface area (Å²) < 4.78 is 5.92. The minimum Gasteiger partial charge on any atom is -0.380 e. The monoisotopic (exact) mass is 433 g/mol. The van der Waals surface area contributed by atoms with Gasteiger partial charge in [-0.2, -0.15) is 4.98 Å². The number of aromatic nitrogens is 3. The Morgan fingerprint density at radius 1 is 0.969 bits per heavy atom. The SMILES string of the molecule is CC1(C)CCCc2c(N3C[C@]4(C)COC[C@]4(C)C3)nc(N3CC(c4ccccn4)C3)nc21. The minimum atomic E-state index is 0.0950. The molecule has 0 spiro atoms. The van der Waals surface area contributed by atoms with Gasteiger partial charge in [-0.15, -0.1) is 0 Å². The molecule has 1 aliphatic carbocycles. The predicted molar refractivity (Wildman–Crippen MR) is 126 cm³/mol. The summed E-state index contributed by atoms with van der Waals surface area (Å²) >= 11 is 0. The molecule has 0 saturated carbocycles. The van der Waals surface area contributed by atoms with Crippen LogP contribution < -0.4 is 9.80 Å². The molecule has 0 N–H and O–H groups in total. The van der Waals surface area contributed by atoms with E-state index >= 15 is 0 Å². The molecule has 6 rings (SSSR count). The molecule has 3 aliphatic heterocycles. The molecular weight excluding hydrogens is 398 g/mol. The van der Waals surface area contributed by atoms with E-state index in [1.165, 1.54) is 35.6 Å². The van der Waals surface area contributed by atoms with Gasteiger partial charge >= 0.3 is 0 Å². The van der Waals surface area contributed by atoms with Gasteiger partial charge in [-0.1, -0.05) is 33.8 Å². The summed E-state index contributed by atoms with van der Waals surface area (Å²) in [4.78, 5) is 19.9. The van der Waals surface area contributed by atoms with Crippen molar-refractivity contribution in [2.75, 3.05) is 49.2 Å². The minimum absolute atomic E-state index is 0.0950. The molecule has 0 aromatic carbocycles. The fraction of sp³-hybridized carbons (Fsp3) is 0.654. The Bertz CT molecular complexity index is 1020. The van der Waals surface area contributed by atoms with Gasteiger partial charge in [-0.25, -0.2) is 4.98 Å². The Hall–Kier alpha value is -2.21. The van der Waals surface area contributed by atoms with E-state index in [0.29, 0.717) is 5.92 Å². The Morgan fingerprint density at radius 3 is 2.41 bits per heavy atom. The molecule has 32 heavy (non-hydrogen) atoms. The Labute approximate surface area is 191 Å². The smallest absolute Gasteiger partial charge is 0.227 e. The summed E-state index contributed by atoms with van der Waals surface area (Å²) in [6, 6.07) is 6.20. The van der Waals surface area contributed by atoms with Gasteiger partial charge in [-0.3, -0.25) is 4.98 Å². The van der Waals surface area contributed by atoms with Gasteiger partial charge in [-0.05, 0) is 31.4 Å². The number of pyridine rings is 1. The molecule has 4 aliphatic rings. The van der Waals surface area contributed by atoms with E-state index in [2.05, 4.69) is 54.6 Å². The number of ether oxygens (including phenoxy) is 1. The van der Waals surface area contributed by atoms with Crippen molar-refractivity contribution in [3.05, 3.63) is 41.3 Å². The number of fused-ring (bicyclic) bond motifs is 2. The van der Waals surface area contributed by atoms with Crippen molar-refractivity contribution >= 4 is 11.8 Å². The first-order valence-corrected chi connectivity index (χ1v) is 12.2. The highest BCUT2D eigenvalue weighted by Gasteiger charge is 2.56. The Morgan fingerprint density at radius 2 is 1.72 bits per heavy atom. The second-order valence-electron chi connectivity index (χ2n) is 11.7. The van der Waals surface area contributed by atoms with Crippen LogP contribution in [0.1, 0.15) is 63.4 Å². The lowest BCUT2D eigenvalue weighted by atomic mass is 9.71. The van der Waals surface area contributed by atoms with Crippen LogP contribution in [0.15, 0.2) is 24.4 Å². The Balaban J connectivity index is 1.35. The third-order valence-electron chi connectivity index (χ3n) is 8.79. The molecule has 170 valence electrons. The number of anilines is 2. The first kappa shape index (κ1) is 20.4. The van der Waals surface area contributed by atoms with Crippen LogP contribution in [-0.2, 0) is 16.6 Å². The summed E-state index contributed by atoms with van der Waals surface area (Å²) in [6.45, 7) is 15.1. The zero-order valence-electron chi connectivity index (χ0n) is 19.9. The van der Waals surface area contributed by atoms with Gasteiger partial charge in [0.05, 0.1) is 18.9 Å². The van der Waals surface area contributed by atoms with Crippen molar-refractivity contribution < 1.29 is 4.74 Å². The van der Waals surface area contributed by atoms with E-state index in [1.54, 1.807) is 0 Å². The average Bonchev–Trinajstić information content (AvgIpc) is 3.14. The van der Waals surface area contributed by atoms with Crippen molar-refractivity contribution in [3.63, 3.8) is 0 Å². The first-order chi connectivity index (χ1) is 15.3. The van der Waals surface area contributed by atoms with Crippen LogP contribution >= 0.6 is 0 Å². The lowest BCUT2D eigenvalue weighted by Gasteiger charge is -2.41. The topological polar surface area (TPSA) is 54.4 Å². The predicted octanol–water partition coefficient (Wildman–Crippen LogP) is 3.95. The van der Waals surface area contributed by atoms with Crippen LogP contribution in [-0.4, -0.2) is 54.3 Å². The van der Waals surface area contributed by atoms with Gasteiger partial charge in [0.1, 0.15) is 5.82 Å². The van der Waals surface area contributed by atoms with E-state index in [-0.39, 0.29) is 16.2 Å². The molecule has 0 unspecified atom stereocenters. The highest BCUT2D eigenvalue weighted by Crippen LogP contribution is 2.52. The highest BCUT2D eigenvalue weighted by molar-refractivity contribution is 5.58. The molecule has 6 nitrogen and oxygen atoms in total. The standard InChI is InChI=1S/C26H35N5O/c1-24(2)10-7-8-19-21(24)28-23(30-12-18(13-30)20-9-5-6-11-27-20)29-22(19)31-14-25(3)16-32-17-26(25,4)15-31/h5-6,9,11,18H,7-8,10,12-17H2,1-4H3/t25-,26+. The van der Waals surface area contributed by atoms with Gasteiger partial charge < -0.3 is 14.5 Å². The molecule has 3 saturated heterocycles. The lowest BCUT2D eigenvalue weighted by molar-refractivity contribution is 0.158. The summed E-state index contributed by atoms with van der Waals surface area (Å²) in [5.41, 5.74) is 4.31. The third kappa shape index (κ3) is 2.98. The van der Waals surface area contributed by atoms with Gasteiger partial charge in [0, 0.05) is 65.8 Å². The Kier molecular flexibility index (Phi) is 4.40. The summed E-state index contributed by atoms with van der Waals surface area (Å²) in [5, 5.41) is 0. The molecule has 0 radical (unpaired) electrons. The summed E-state index contributed by atoms with van der Waals surface area (Å²) in [7, 11) is 0. The fourth-order valence-electron chi connectivity index (χ4n) is 6.30. The molecular formula is C26H35N5O.